The Hall–Kier alpha value is -1.55. The van der Waals surface area contributed by atoms with Crippen LogP contribution in [0.2, 0.25) is 0 Å². The van der Waals surface area contributed by atoms with Crippen LogP contribution < -0.4 is 10.5 Å². The van der Waals surface area contributed by atoms with Crippen molar-refractivity contribution in [2.24, 2.45) is 5.73 Å². The SMILES string of the molecule is CCOC(=O)CCCC(N)c1cc(C)ccc1OCC. The molecule has 0 saturated carbocycles. The molecular weight excluding hydrogens is 254 g/mol. The Morgan fingerprint density at radius 3 is 2.70 bits per heavy atom. The summed E-state index contributed by atoms with van der Waals surface area (Å²) in [5.74, 6) is 0.677. The van der Waals surface area contributed by atoms with Crippen LogP contribution in [0.15, 0.2) is 18.2 Å². The maximum Gasteiger partial charge on any atom is 0.305 e. The predicted molar refractivity (Wildman–Crippen MR) is 79.8 cm³/mol. The Balaban J connectivity index is 2.59. The van der Waals surface area contributed by atoms with E-state index in [1.54, 1.807) is 0 Å². The van der Waals surface area contributed by atoms with Gasteiger partial charge in [0.05, 0.1) is 13.2 Å². The summed E-state index contributed by atoms with van der Waals surface area (Å²) in [6, 6.07) is 5.91. The van der Waals surface area contributed by atoms with Gasteiger partial charge in [-0.15, -0.1) is 0 Å². The number of hydrogen-bond acceptors (Lipinski definition) is 4. The first-order valence-corrected chi connectivity index (χ1v) is 7.23. The highest BCUT2D eigenvalue weighted by molar-refractivity contribution is 5.69. The third kappa shape index (κ3) is 5.21. The lowest BCUT2D eigenvalue weighted by atomic mass is 9.99. The molecule has 1 aromatic rings. The molecule has 0 aliphatic rings. The van der Waals surface area contributed by atoms with E-state index in [-0.39, 0.29) is 12.0 Å². The molecule has 1 atom stereocenters. The van der Waals surface area contributed by atoms with Crippen LogP contribution in [0.25, 0.3) is 0 Å². The molecule has 0 aliphatic carbocycles. The fraction of sp³-hybridized carbons (Fsp3) is 0.562. The van der Waals surface area contributed by atoms with Crippen molar-refractivity contribution in [1.82, 2.24) is 0 Å². The van der Waals surface area contributed by atoms with E-state index in [1.165, 1.54) is 0 Å². The summed E-state index contributed by atoms with van der Waals surface area (Å²) < 4.78 is 10.5. The Bertz CT molecular complexity index is 432. The molecule has 0 saturated heterocycles. The molecule has 112 valence electrons. The van der Waals surface area contributed by atoms with Gasteiger partial charge < -0.3 is 15.2 Å². The van der Waals surface area contributed by atoms with Crippen molar-refractivity contribution in [1.29, 1.82) is 0 Å². The van der Waals surface area contributed by atoms with Gasteiger partial charge in [0.25, 0.3) is 0 Å². The van der Waals surface area contributed by atoms with E-state index in [0.717, 1.165) is 29.7 Å². The molecule has 0 amide bonds. The highest BCUT2D eigenvalue weighted by Crippen LogP contribution is 2.28. The minimum absolute atomic E-state index is 0.120. The van der Waals surface area contributed by atoms with Gasteiger partial charge in [0.15, 0.2) is 0 Å². The van der Waals surface area contributed by atoms with E-state index in [1.807, 2.05) is 32.9 Å². The quantitative estimate of drug-likeness (QED) is 0.743. The highest BCUT2D eigenvalue weighted by atomic mass is 16.5. The first-order valence-electron chi connectivity index (χ1n) is 7.23. The average Bonchev–Trinajstić information content (AvgIpc) is 2.41. The molecule has 2 N–H and O–H groups in total. The van der Waals surface area contributed by atoms with Gasteiger partial charge in [0.2, 0.25) is 0 Å². The van der Waals surface area contributed by atoms with Gasteiger partial charge in [0.1, 0.15) is 5.75 Å². The standard InChI is InChI=1S/C16H25NO3/c1-4-19-15-10-9-12(3)11-13(15)14(17)7-6-8-16(18)20-5-2/h9-11,14H,4-8,17H2,1-3H3. The maximum atomic E-state index is 11.3. The number of nitrogens with two attached hydrogens (primary N) is 1. The van der Waals surface area contributed by atoms with Gasteiger partial charge >= 0.3 is 5.97 Å². The van der Waals surface area contributed by atoms with Gasteiger partial charge in [-0.05, 0) is 39.7 Å². The Morgan fingerprint density at radius 1 is 1.30 bits per heavy atom. The minimum atomic E-state index is -0.158. The lowest BCUT2D eigenvalue weighted by molar-refractivity contribution is -0.143. The molecule has 0 bridgehead atoms. The van der Waals surface area contributed by atoms with Crippen LogP contribution in [0.4, 0.5) is 0 Å². The van der Waals surface area contributed by atoms with Crippen molar-refractivity contribution in [3.8, 4) is 5.75 Å². The number of hydrogen-bond donors (Lipinski definition) is 1. The van der Waals surface area contributed by atoms with Gasteiger partial charge in [-0.25, -0.2) is 0 Å². The lowest BCUT2D eigenvalue weighted by Crippen LogP contribution is -2.13. The summed E-state index contributed by atoms with van der Waals surface area (Å²) in [6.07, 6.45) is 1.87. The zero-order chi connectivity index (χ0) is 15.0. The van der Waals surface area contributed by atoms with Crippen LogP contribution in [-0.4, -0.2) is 19.2 Å². The number of ether oxygens (including phenoxy) is 2. The molecule has 20 heavy (non-hydrogen) atoms. The summed E-state index contributed by atoms with van der Waals surface area (Å²) in [6.45, 7) is 6.84. The lowest BCUT2D eigenvalue weighted by Gasteiger charge is -2.17. The summed E-state index contributed by atoms with van der Waals surface area (Å²) in [4.78, 5) is 11.3. The van der Waals surface area contributed by atoms with E-state index >= 15 is 0 Å². The highest BCUT2D eigenvalue weighted by Gasteiger charge is 2.13. The van der Waals surface area contributed by atoms with Crippen LogP contribution in [0, 0.1) is 6.92 Å². The average molecular weight is 279 g/mol. The normalized spacial score (nSPS) is 12.0. The molecule has 0 aromatic heterocycles. The molecule has 4 heteroatoms. The number of carbonyl (C=O) groups is 1. The van der Waals surface area contributed by atoms with Crippen LogP contribution in [0.1, 0.15) is 50.3 Å². The molecule has 0 aliphatic heterocycles. The zero-order valence-electron chi connectivity index (χ0n) is 12.6. The van der Waals surface area contributed by atoms with Crippen molar-refractivity contribution in [3.63, 3.8) is 0 Å². The second-order valence-corrected chi connectivity index (χ2v) is 4.78. The van der Waals surface area contributed by atoms with Gasteiger partial charge in [0, 0.05) is 18.0 Å². The molecule has 0 fully saturated rings. The molecule has 0 radical (unpaired) electrons. The van der Waals surface area contributed by atoms with Gasteiger partial charge in [-0.1, -0.05) is 17.7 Å². The van der Waals surface area contributed by atoms with E-state index in [9.17, 15) is 4.79 Å². The zero-order valence-corrected chi connectivity index (χ0v) is 12.6. The molecule has 0 heterocycles. The number of rotatable bonds is 8. The van der Waals surface area contributed by atoms with Crippen LogP contribution >= 0.6 is 0 Å². The van der Waals surface area contributed by atoms with E-state index in [4.69, 9.17) is 15.2 Å². The third-order valence-corrected chi connectivity index (χ3v) is 3.07. The maximum absolute atomic E-state index is 11.3. The third-order valence-electron chi connectivity index (χ3n) is 3.07. The molecule has 0 spiro atoms. The van der Waals surface area contributed by atoms with Crippen LogP contribution in [-0.2, 0) is 9.53 Å². The van der Waals surface area contributed by atoms with Crippen LogP contribution in [0.5, 0.6) is 5.75 Å². The number of benzene rings is 1. The predicted octanol–water partition coefficient (Wildman–Crippen LogP) is 3.13. The summed E-state index contributed by atoms with van der Waals surface area (Å²) in [5.41, 5.74) is 8.39. The second kappa shape index (κ2) is 8.59. The number of carbonyl (C=O) groups excluding carboxylic acids is 1. The largest absolute Gasteiger partial charge is 0.494 e. The summed E-state index contributed by atoms with van der Waals surface area (Å²) in [7, 11) is 0. The van der Waals surface area contributed by atoms with E-state index in [2.05, 4.69) is 6.07 Å². The Kier molecular flexibility index (Phi) is 7.09. The molecule has 1 rings (SSSR count). The molecule has 4 nitrogen and oxygen atoms in total. The van der Waals surface area contributed by atoms with Crippen LogP contribution in [0.3, 0.4) is 0 Å². The second-order valence-electron chi connectivity index (χ2n) is 4.78. The molecule has 1 unspecified atom stereocenters. The van der Waals surface area contributed by atoms with Crippen molar-refractivity contribution >= 4 is 5.97 Å². The smallest absolute Gasteiger partial charge is 0.305 e. The summed E-state index contributed by atoms with van der Waals surface area (Å²) in [5, 5.41) is 0. The first kappa shape index (κ1) is 16.5. The monoisotopic (exact) mass is 279 g/mol. The van der Waals surface area contributed by atoms with Crippen molar-refractivity contribution < 1.29 is 14.3 Å². The number of esters is 1. The van der Waals surface area contributed by atoms with E-state index in [0.29, 0.717) is 19.6 Å². The first-order chi connectivity index (χ1) is 9.58. The van der Waals surface area contributed by atoms with Gasteiger partial charge in [-0.2, -0.15) is 0 Å². The van der Waals surface area contributed by atoms with E-state index < -0.39 is 0 Å². The Labute approximate surface area is 121 Å². The number of aryl methyl sites for hydroxylation is 1. The molecular formula is C16H25NO3. The minimum Gasteiger partial charge on any atom is -0.494 e. The van der Waals surface area contributed by atoms with Crippen molar-refractivity contribution in [2.75, 3.05) is 13.2 Å². The topological polar surface area (TPSA) is 61.5 Å². The van der Waals surface area contributed by atoms with Gasteiger partial charge in [-0.3, -0.25) is 4.79 Å². The fourth-order valence-electron chi connectivity index (χ4n) is 2.10. The van der Waals surface area contributed by atoms with Crippen molar-refractivity contribution in [2.45, 2.75) is 46.1 Å². The summed E-state index contributed by atoms with van der Waals surface area (Å²) >= 11 is 0. The Morgan fingerprint density at radius 2 is 2.05 bits per heavy atom. The fourth-order valence-corrected chi connectivity index (χ4v) is 2.10. The van der Waals surface area contributed by atoms with Crippen molar-refractivity contribution in [3.05, 3.63) is 29.3 Å². The molecule has 1 aromatic carbocycles.